The lowest BCUT2D eigenvalue weighted by Crippen LogP contribution is -2.27. The van der Waals surface area contributed by atoms with Crippen LogP contribution in [0.4, 0.5) is 5.82 Å². The number of rotatable bonds is 8. The zero-order valence-electron chi connectivity index (χ0n) is 13.3. The summed E-state index contributed by atoms with van der Waals surface area (Å²) < 4.78 is 51.6. The van der Waals surface area contributed by atoms with Gasteiger partial charge in [-0.25, -0.2) is 18.5 Å². The van der Waals surface area contributed by atoms with Gasteiger partial charge in [-0.15, -0.1) is 0 Å². The number of ether oxygens (including phenoxy) is 1. The zero-order chi connectivity index (χ0) is 20.5. The van der Waals surface area contributed by atoms with Crippen molar-refractivity contribution < 1.29 is 51.2 Å². The van der Waals surface area contributed by atoms with Gasteiger partial charge >= 0.3 is 29.2 Å². The first-order valence-electron chi connectivity index (χ1n) is 7.05. The molecule has 4 unspecified atom stereocenters. The van der Waals surface area contributed by atoms with Gasteiger partial charge in [0.1, 0.15) is 12.0 Å². The number of nitrogens with zero attached hydrogens (tertiary/aromatic N) is 2. The number of phosphoric ester groups is 1. The number of phosphoric acid groups is 3. The highest BCUT2D eigenvalue weighted by Gasteiger charge is 2.41. The predicted molar refractivity (Wildman–Crippen MR) is 85.9 cm³/mol. The molecule has 18 heteroatoms. The highest BCUT2D eigenvalue weighted by atomic mass is 31.3. The molecule has 27 heavy (non-hydrogen) atoms. The predicted octanol–water partition coefficient (Wildman–Crippen LogP) is -0.154. The van der Waals surface area contributed by atoms with E-state index in [1.165, 1.54) is 12.3 Å². The quantitative estimate of drug-likeness (QED) is 0.324. The van der Waals surface area contributed by atoms with E-state index in [0.717, 1.165) is 4.57 Å². The summed E-state index contributed by atoms with van der Waals surface area (Å²) in [7, 11) is -16.3. The van der Waals surface area contributed by atoms with Crippen LogP contribution in [0, 0.1) is 0 Å². The summed E-state index contributed by atoms with van der Waals surface area (Å²) in [4.78, 5) is 50.6. The van der Waals surface area contributed by atoms with Crippen LogP contribution in [-0.4, -0.2) is 41.8 Å². The van der Waals surface area contributed by atoms with Crippen molar-refractivity contribution in [2.45, 2.75) is 25.2 Å². The molecular weight excluding hydrogens is 435 g/mol. The van der Waals surface area contributed by atoms with Crippen LogP contribution in [0.25, 0.3) is 0 Å². The molecular formula is C9H16N3O12P3. The largest absolute Gasteiger partial charge is 0.490 e. The Morgan fingerprint density at radius 1 is 1.19 bits per heavy atom. The number of aromatic nitrogens is 2. The minimum absolute atomic E-state index is 0.0263. The van der Waals surface area contributed by atoms with E-state index in [4.69, 9.17) is 25.2 Å². The molecule has 0 spiro atoms. The number of nitrogens with two attached hydrogens (primary N) is 1. The molecule has 1 aromatic rings. The lowest BCUT2D eigenvalue weighted by Gasteiger charge is -2.18. The van der Waals surface area contributed by atoms with Crippen molar-refractivity contribution in [1.29, 1.82) is 0 Å². The average Bonchev–Trinajstić information content (AvgIpc) is 2.90. The summed E-state index contributed by atoms with van der Waals surface area (Å²) >= 11 is 0. The molecule has 1 aliphatic rings. The van der Waals surface area contributed by atoms with Crippen molar-refractivity contribution in [3.05, 3.63) is 22.7 Å². The first-order valence-corrected chi connectivity index (χ1v) is 11.6. The number of anilines is 1. The van der Waals surface area contributed by atoms with Gasteiger partial charge in [0.15, 0.2) is 0 Å². The minimum Gasteiger partial charge on any atom is -0.383 e. The van der Waals surface area contributed by atoms with Gasteiger partial charge in [0.2, 0.25) is 0 Å². The second kappa shape index (κ2) is 8.19. The van der Waals surface area contributed by atoms with Crippen LogP contribution >= 0.6 is 23.5 Å². The molecule has 0 saturated carbocycles. The maximum absolute atomic E-state index is 11.7. The Morgan fingerprint density at radius 2 is 1.85 bits per heavy atom. The first-order chi connectivity index (χ1) is 12.3. The van der Waals surface area contributed by atoms with Gasteiger partial charge in [0, 0.05) is 6.20 Å². The van der Waals surface area contributed by atoms with Gasteiger partial charge in [-0.2, -0.15) is 13.6 Å². The molecule has 1 saturated heterocycles. The molecule has 1 aromatic heterocycles. The summed E-state index contributed by atoms with van der Waals surface area (Å²) in [6.45, 7) is -0.586. The van der Waals surface area contributed by atoms with Crippen LogP contribution in [0.15, 0.2) is 17.1 Å². The van der Waals surface area contributed by atoms with Gasteiger partial charge < -0.3 is 30.0 Å². The molecule has 6 N–H and O–H groups in total. The molecule has 2 rings (SSSR count). The normalized spacial score (nSPS) is 25.0. The SMILES string of the molecule is Nc1ccn(C2CCC(COP(=O)(O)OP(=O)(O)OP(=O)(O)O)O2)c(=O)n1. The maximum atomic E-state index is 11.7. The van der Waals surface area contributed by atoms with E-state index >= 15 is 0 Å². The van der Waals surface area contributed by atoms with Gasteiger partial charge in [0.25, 0.3) is 0 Å². The van der Waals surface area contributed by atoms with E-state index in [9.17, 15) is 23.4 Å². The molecule has 0 amide bonds. The fraction of sp³-hybridized carbons (Fsp3) is 0.556. The van der Waals surface area contributed by atoms with Crippen molar-refractivity contribution in [3.63, 3.8) is 0 Å². The fourth-order valence-electron chi connectivity index (χ4n) is 2.14. The van der Waals surface area contributed by atoms with Crippen LogP contribution < -0.4 is 11.4 Å². The Labute approximate surface area is 151 Å². The third kappa shape index (κ3) is 7.18. The molecule has 1 fully saturated rings. The van der Waals surface area contributed by atoms with Crippen LogP contribution in [0.2, 0.25) is 0 Å². The fourth-order valence-corrected chi connectivity index (χ4v) is 5.19. The van der Waals surface area contributed by atoms with Crippen LogP contribution in [0.5, 0.6) is 0 Å². The summed E-state index contributed by atoms with van der Waals surface area (Å²) in [5.41, 5.74) is 4.72. The average molecular weight is 451 g/mol. The summed E-state index contributed by atoms with van der Waals surface area (Å²) in [6.07, 6.45) is 0.456. The Kier molecular flexibility index (Phi) is 6.78. The lowest BCUT2D eigenvalue weighted by atomic mass is 10.2. The summed E-state index contributed by atoms with van der Waals surface area (Å²) in [5, 5.41) is 0. The number of nitrogen functional groups attached to an aromatic ring is 1. The minimum atomic E-state index is -5.58. The van der Waals surface area contributed by atoms with E-state index < -0.39 is 48.1 Å². The van der Waals surface area contributed by atoms with Gasteiger partial charge in [0.05, 0.1) is 12.7 Å². The van der Waals surface area contributed by atoms with Gasteiger partial charge in [-0.1, -0.05) is 0 Å². The van der Waals surface area contributed by atoms with Crippen LogP contribution in [0.3, 0.4) is 0 Å². The Hall–Kier alpha value is -0.950. The van der Waals surface area contributed by atoms with Crippen LogP contribution in [-0.2, 0) is 31.6 Å². The van der Waals surface area contributed by atoms with Crippen molar-refractivity contribution in [3.8, 4) is 0 Å². The number of hydrogen-bond acceptors (Lipinski definition) is 10. The third-order valence-corrected chi connectivity index (χ3v) is 6.89. The second-order valence-corrected chi connectivity index (χ2v) is 9.64. The van der Waals surface area contributed by atoms with Crippen molar-refractivity contribution in [2.24, 2.45) is 0 Å². The van der Waals surface area contributed by atoms with E-state index in [2.05, 4.69) is 18.1 Å². The monoisotopic (exact) mass is 451 g/mol. The topological polar surface area (TPSA) is 230 Å². The Bertz CT molecular complexity index is 882. The van der Waals surface area contributed by atoms with Crippen LogP contribution in [0.1, 0.15) is 19.1 Å². The Morgan fingerprint density at radius 3 is 2.44 bits per heavy atom. The smallest absolute Gasteiger partial charge is 0.383 e. The summed E-state index contributed by atoms with van der Waals surface area (Å²) in [6, 6.07) is 1.38. The molecule has 0 radical (unpaired) electrons. The van der Waals surface area contributed by atoms with E-state index in [1.54, 1.807) is 0 Å². The van der Waals surface area contributed by atoms with E-state index in [1.807, 2.05) is 0 Å². The van der Waals surface area contributed by atoms with Crippen molar-refractivity contribution >= 4 is 29.3 Å². The highest BCUT2D eigenvalue weighted by Crippen LogP contribution is 2.66. The molecule has 15 nitrogen and oxygen atoms in total. The molecule has 0 bridgehead atoms. The standard InChI is InChI=1S/C9H16N3O12P3/c10-7-3-4-12(9(13)11-7)8-2-1-6(22-8)5-21-26(17,18)24-27(19,20)23-25(14,15)16/h3-4,6,8H,1-2,5H2,(H,17,18)(H,19,20)(H2,10,11,13)(H2,14,15,16). The lowest BCUT2D eigenvalue weighted by molar-refractivity contribution is -0.0242. The molecule has 0 aromatic carbocycles. The van der Waals surface area contributed by atoms with Crippen molar-refractivity contribution in [2.75, 3.05) is 12.3 Å². The van der Waals surface area contributed by atoms with Gasteiger partial charge in [-0.05, 0) is 18.9 Å². The zero-order valence-corrected chi connectivity index (χ0v) is 16.0. The molecule has 4 atom stereocenters. The maximum Gasteiger partial charge on any atom is 0.490 e. The molecule has 154 valence electrons. The van der Waals surface area contributed by atoms with E-state index in [-0.39, 0.29) is 12.2 Å². The third-order valence-electron chi connectivity index (χ3n) is 3.09. The molecule has 1 aliphatic heterocycles. The Balaban J connectivity index is 1.91. The second-order valence-electron chi connectivity index (χ2n) is 5.22. The highest BCUT2D eigenvalue weighted by molar-refractivity contribution is 7.66. The first kappa shape index (κ1) is 22.3. The number of hydrogen-bond donors (Lipinski definition) is 5. The van der Waals surface area contributed by atoms with E-state index in [0.29, 0.717) is 6.42 Å². The summed E-state index contributed by atoms with van der Waals surface area (Å²) in [5.74, 6) is 0.0263. The van der Waals surface area contributed by atoms with Crippen molar-refractivity contribution in [1.82, 2.24) is 9.55 Å². The molecule has 2 heterocycles. The molecule has 0 aliphatic carbocycles. The van der Waals surface area contributed by atoms with Gasteiger partial charge in [-0.3, -0.25) is 9.09 Å².